The first-order valence-electron chi connectivity index (χ1n) is 5.25. The van der Waals surface area contributed by atoms with Crippen molar-refractivity contribution in [3.63, 3.8) is 0 Å². The van der Waals surface area contributed by atoms with Crippen LogP contribution < -0.4 is 4.74 Å². The maximum absolute atomic E-state index is 10.6. The molecule has 96 valence electrons. The van der Waals surface area contributed by atoms with E-state index >= 15 is 0 Å². The average molecular weight is 584 g/mol. The Kier molecular flexibility index (Phi) is 10.5. The Labute approximate surface area is 146 Å². The van der Waals surface area contributed by atoms with Crippen LogP contribution in [0.15, 0.2) is 18.2 Å². The van der Waals surface area contributed by atoms with Gasteiger partial charge in [-0.05, 0) is 47.4 Å². The second-order valence-electron chi connectivity index (χ2n) is 3.63. The van der Waals surface area contributed by atoms with Gasteiger partial charge in [-0.3, -0.25) is 11.2 Å². The van der Waals surface area contributed by atoms with Crippen molar-refractivity contribution < 1.29 is 45.4 Å². The molecule has 0 unspecified atom stereocenters. The van der Waals surface area contributed by atoms with E-state index in [0.29, 0.717) is 18.8 Å². The molecule has 0 aliphatic carbocycles. The van der Waals surface area contributed by atoms with Gasteiger partial charge in [-0.25, -0.2) is 6.10 Å². The van der Waals surface area contributed by atoms with Gasteiger partial charge in [0, 0.05) is 5.56 Å². The molecule has 0 atom stereocenters. The molecule has 18 heavy (non-hydrogen) atoms. The summed E-state index contributed by atoms with van der Waals surface area (Å²) in [6, 6.07) is 5.34. The molecule has 0 amide bonds. The summed E-state index contributed by atoms with van der Waals surface area (Å²) in [7, 11) is 0. The molecule has 5 heteroatoms. The van der Waals surface area contributed by atoms with Gasteiger partial charge in [0.25, 0.3) is 0 Å². The van der Waals surface area contributed by atoms with Crippen molar-refractivity contribution in [2.24, 2.45) is 0 Å². The van der Waals surface area contributed by atoms with Gasteiger partial charge >= 0.3 is 31.1 Å². The topological polar surface area (TPSA) is 35.5 Å². The number of ether oxygens (including phenoxy) is 2. The normalized spacial score (nSPS) is 10.0. The largest absolute Gasteiger partial charge is 2.00 e. The van der Waals surface area contributed by atoms with Gasteiger partial charge in [-0.15, -0.1) is 6.61 Å². The van der Waals surface area contributed by atoms with Crippen LogP contribution in [0.3, 0.4) is 0 Å². The Morgan fingerprint density at radius 1 is 1.39 bits per heavy atom. The van der Waals surface area contributed by atoms with Crippen LogP contribution in [-0.2, 0) is 4.74 Å². The third-order valence-corrected chi connectivity index (χ3v) is 2.78. The van der Waals surface area contributed by atoms with Gasteiger partial charge in [0.05, 0.1) is 3.57 Å². The van der Waals surface area contributed by atoms with Gasteiger partial charge in [0.1, 0.15) is 12.0 Å². The SMILES string of the molecule is C[C-](C)OC[CH-]COc1ccc(C=O)cc1I.[U+2]. The van der Waals surface area contributed by atoms with Crippen LogP contribution in [-0.4, -0.2) is 19.5 Å². The van der Waals surface area contributed by atoms with Gasteiger partial charge in [0.15, 0.2) is 0 Å². The second-order valence-corrected chi connectivity index (χ2v) is 4.79. The smallest absolute Gasteiger partial charge is 0.575 e. The number of carbonyl (C=O) groups excluding carboxylic acids is 1. The summed E-state index contributed by atoms with van der Waals surface area (Å²) in [4.78, 5) is 10.6. The second kappa shape index (κ2) is 10.2. The van der Waals surface area contributed by atoms with E-state index in [1.165, 1.54) is 0 Å². The van der Waals surface area contributed by atoms with Gasteiger partial charge in [0.2, 0.25) is 0 Å². The molecule has 0 bridgehead atoms. The summed E-state index contributed by atoms with van der Waals surface area (Å²) in [5.74, 6) is 0.782. The molecule has 0 aromatic heterocycles. The van der Waals surface area contributed by atoms with Crippen molar-refractivity contribution in [2.75, 3.05) is 13.2 Å². The molecular weight excluding hydrogens is 569 g/mol. The van der Waals surface area contributed by atoms with Crippen LogP contribution >= 0.6 is 22.6 Å². The zero-order valence-electron chi connectivity index (χ0n) is 10.4. The van der Waals surface area contributed by atoms with E-state index in [-0.39, 0.29) is 31.1 Å². The number of halogens is 1. The summed E-state index contributed by atoms with van der Waals surface area (Å²) in [6.07, 6.45) is 3.67. The minimum Gasteiger partial charge on any atom is -0.575 e. The van der Waals surface area contributed by atoms with E-state index in [0.717, 1.165) is 21.7 Å². The van der Waals surface area contributed by atoms with Crippen LogP contribution in [0.2, 0.25) is 0 Å². The maximum atomic E-state index is 10.6. The summed E-state index contributed by atoms with van der Waals surface area (Å²) < 4.78 is 11.8. The molecule has 1 rings (SSSR count). The first-order valence-corrected chi connectivity index (χ1v) is 6.33. The molecule has 0 spiro atoms. The van der Waals surface area contributed by atoms with Crippen LogP contribution in [0.5, 0.6) is 5.75 Å². The summed E-state index contributed by atoms with van der Waals surface area (Å²) >= 11 is 2.15. The molecule has 3 nitrogen and oxygen atoms in total. The molecule has 0 radical (unpaired) electrons. The van der Waals surface area contributed by atoms with Crippen molar-refractivity contribution in [3.8, 4) is 5.75 Å². The number of rotatable bonds is 7. The molecule has 0 saturated heterocycles. The van der Waals surface area contributed by atoms with Crippen LogP contribution in [0.4, 0.5) is 0 Å². The zero-order valence-corrected chi connectivity index (χ0v) is 16.7. The standard InChI is InChI=1S/C13H15IO3.U/c1-10(2)16-6-3-7-17-13-5-4-11(9-15)8-12(13)14;/h3-5,8-9H,6-7H2,1-2H3;/q-2;+2. The zero-order chi connectivity index (χ0) is 12.7. The van der Waals surface area contributed by atoms with Gasteiger partial charge < -0.3 is 9.47 Å². The fraction of sp³-hybridized carbons (Fsp3) is 0.308. The predicted molar refractivity (Wildman–Crippen MR) is 74.9 cm³/mol. The van der Waals surface area contributed by atoms with Crippen molar-refractivity contribution in [2.45, 2.75) is 13.8 Å². The van der Waals surface area contributed by atoms with E-state index < -0.39 is 0 Å². The van der Waals surface area contributed by atoms with Crippen LogP contribution in [0.25, 0.3) is 0 Å². The van der Waals surface area contributed by atoms with E-state index in [9.17, 15) is 4.79 Å². The minimum absolute atomic E-state index is 0. The Balaban J connectivity index is 0.00000289. The van der Waals surface area contributed by atoms with E-state index in [1.807, 2.05) is 20.3 Å². The molecule has 1 aromatic rings. The third-order valence-electron chi connectivity index (χ3n) is 1.94. The molecule has 0 heterocycles. The van der Waals surface area contributed by atoms with Gasteiger partial charge in [-0.2, -0.15) is 13.8 Å². The predicted octanol–water partition coefficient (Wildman–Crippen LogP) is 3.28. The molecule has 1 aromatic carbocycles. The van der Waals surface area contributed by atoms with E-state index in [4.69, 9.17) is 9.47 Å². The monoisotopic (exact) mass is 584 g/mol. The molecule has 0 saturated carbocycles. The average Bonchev–Trinajstić information content (AvgIpc) is 2.30. The maximum Gasteiger partial charge on any atom is 2.00 e. The number of hydrogen-bond acceptors (Lipinski definition) is 3. The fourth-order valence-corrected chi connectivity index (χ4v) is 1.82. The van der Waals surface area contributed by atoms with Crippen molar-refractivity contribution >= 4 is 28.9 Å². The van der Waals surface area contributed by atoms with Crippen LogP contribution in [0.1, 0.15) is 24.2 Å². The van der Waals surface area contributed by atoms with Gasteiger partial charge in [-0.1, -0.05) is 0 Å². The summed E-state index contributed by atoms with van der Waals surface area (Å²) in [5, 5.41) is 0. The molecular formula is C13H15IO3U. The Hall–Kier alpha value is 0.432. The quantitative estimate of drug-likeness (QED) is 0.214. The van der Waals surface area contributed by atoms with E-state index in [2.05, 4.69) is 22.6 Å². The third kappa shape index (κ3) is 7.13. The Morgan fingerprint density at radius 3 is 2.67 bits per heavy atom. The minimum atomic E-state index is 0. The van der Waals surface area contributed by atoms with E-state index in [1.54, 1.807) is 18.2 Å². The number of hydrogen-bond donors (Lipinski definition) is 0. The number of carbonyl (C=O) groups is 1. The van der Waals surface area contributed by atoms with Crippen molar-refractivity contribution in [1.82, 2.24) is 0 Å². The number of aldehydes is 1. The molecule has 0 N–H and O–H groups in total. The van der Waals surface area contributed by atoms with Crippen molar-refractivity contribution in [1.29, 1.82) is 0 Å². The number of benzene rings is 1. The van der Waals surface area contributed by atoms with Crippen LogP contribution in [0, 0.1) is 47.2 Å². The summed E-state index contributed by atoms with van der Waals surface area (Å²) in [5.41, 5.74) is 0.658. The van der Waals surface area contributed by atoms with Crippen molar-refractivity contribution in [3.05, 3.63) is 39.9 Å². The molecule has 0 fully saturated rings. The first kappa shape index (κ1) is 18.4. The Morgan fingerprint density at radius 2 is 2.11 bits per heavy atom. The fourth-order valence-electron chi connectivity index (χ4n) is 1.13. The molecule has 0 aliphatic heterocycles. The first-order chi connectivity index (χ1) is 8.13. The molecule has 0 aliphatic rings. The Bertz CT molecular complexity index is 369. The summed E-state index contributed by atoms with van der Waals surface area (Å²) in [6.45, 7) is 4.86.